The third kappa shape index (κ3) is 6.44. The van der Waals surface area contributed by atoms with E-state index in [4.69, 9.17) is 14.0 Å². The highest BCUT2D eigenvalue weighted by Gasteiger charge is 2.27. The van der Waals surface area contributed by atoms with Gasteiger partial charge in [0.05, 0.1) is 12.6 Å². The maximum Gasteiger partial charge on any atom is 0.408 e. The van der Waals surface area contributed by atoms with Gasteiger partial charge in [0.15, 0.2) is 0 Å². The van der Waals surface area contributed by atoms with Gasteiger partial charge in [-0.3, -0.25) is 9.59 Å². The second-order valence-corrected chi connectivity index (χ2v) is 6.35. The monoisotopic (exact) mass is 355 g/mol. The number of amides is 2. The summed E-state index contributed by atoms with van der Waals surface area (Å²) in [5.74, 6) is -0.819. The standard InChI is InChI=1S/C16H25N3O6/c1-7-23-11(20)8-17-14(21)12-10(3)25-19-13(12)9(2)18-15(22)24-16(4,5)6/h9H,7-8H2,1-6H3,(H,17,21)(H,18,22)/t9-/m0/s1. The Kier molecular flexibility index (Phi) is 6.96. The number of nitrogens with zero attached hydrogens (tertiary/aromatic N) is 1. The molecule has 9 nitrogen and oxygen atoms in total. The van der Waals surface area contributed by atoms with E-state index in [1.807, 2.05) is 0 Å². The highest BCUT2D eigenvalue weighted by atomic mass is 16.6. The molecule has 9 heteroatoms. The van der Waals surface area contributed by atoms with Gasteiger partial charge < -0.3 is 24.6 Å². The first kappa shape index (κ1) is 20.5. The van der Waals surface area contributed by atoms with Gasteiger partial charge in [-0.15, -0.1) is 0 Å². The summed E-state index contributed by atoms with van der Waals surface area (Å²) in [5, 5.41) is 8.86. The number of rotatable bonds is 6. The van der Waals surface area contributed by atoms with Gasteiger partial charge in [0.2, 0.25) is 0 Å². The van der Waals surface area contributed by atoms with Gasteiger partial charge in [-0.05, 0) is 41.5 Å². The normalized spacial score (nSPS) is 12.2. The number of aromatic nitrogens is 1. The van der Waals surface area contributed by atoms with Crippen LogP contribution < -0.4 is 10.6 Å². The van der Waals surface area contributed by atoms with Crippen molar-refractivity contribution in [1.29, 1.82) is 0 Å². The molecular weight excluding hydrogens is 330 g/mol. The van der Waals surface area contributed by atoms with Crippen LogP contribution in [0, 0.1) is 6.92 Å². The maximum atomic E-state index is 12.3. The molecule has 0 aliphatic carbocycles. The van der Waals surface area contributed by atoms with Crippen LogP contribution in [0.4, 0.5) is 4.79 Å². The number of carbonyl (C=O) groups is 3. The minimum absolute atomic E-state index is 0.160. The largest absolute Gasteiger partial charge is 0.465 e. The summed E-state index contributed by atoms with van der Waals surface area (Å²) in [7, 11) is 0. The smallest absolute Gasteiger partial charge is 0.408 e. The van der Waals surface area contributed by atoms with Gasteiger partial charge in [0.1, 0.15) is 29.2 Å². The predicted octanol–water partition coefficient (Wildman–Crippen LogP) is 1.86. The van der Waals surface area contributed by atoms with Crippen LogP contribution in [0.1, 0.15) is 62.5 Å². The van der Waals surface area contributed by atoms with Crippen molar-refractivity contribution in [2.24, 2.45) is 0 Å². The third-order valence-corrected chi connectivity index (χ3v) is 2.96. The molecule has 1 atom stereocenters. The van der Waals surface area contributed by atoms with E-state index in [1.165, 1.54) is 0 Å². The van der Waals surface area contributed by atoms with Gasteiger partial charge in [0.25, 0.3) is 5.91 Å². The Hall–Kier alpha value is -2.58. The minimum Gasteiger partial charge on any atom is -0.465 e. The highest BCUT2D eigenvalue weighted by molar-refractivity contribution is 5.97. The molecule has 0 radical (unpaired) electrons. The summed E-state index contributed by atoms with van der Waals surface area (Å²) >= 11 is 0. The molecule has 0 spiro atoms. The zero-order valence-electron chi connectivity index (χ0n) is 15.4. The van der Waals surface area contributed by atoms with Gasteiger partial charge in [-0.2, -0.15) is 0 Å². The fraction of sp³-hybridized carbons (Fsp3) is 0.625. The van der Waals surface area contributed by atoms with Gasteiger partial charge in [-0.25, -0.2) is 4.79 Å². The van der Waals surface area contributed by atoms with Crippen molar-refractivity contribution in [3.8, 4) is 0 Å². The van der Waals surface area contributed by atoms with Crippen LogP contribution in [0.15, 0.2) is 4.52 Å². The van der Waals surface area contributed by atoms with Gasteiger partial charge in [0, 0.05) is 0 Å². The van der Waals surface area contributed by atoms with Crippen LogP contribution in [0.3, 0.4) is 0 Å². The van der Waals surface area contributed by atoms with E-state index in [-0.39, 0.29) is 30.2 Å². The lowest BCUT2D eigenvalue weighted by Crippen LogP contribution is -2.35. The van der Waals surface area contributed by atoms with Crippen molar-refractivity contribution in [3.05, 3.63) is 17.0 Å². The lowest BCUT2D eigenvalue weighted by molar-refractivity contribution is -0.141. The molecule has 1 aromatic heterocycles. The molecule has 0 bridgehead atoms. The second kappa shape index (κ2) is 8.50. The topological polar surface area (TPSA) is 120 Å². The molecule has 0 unspecified atom stereocenters. The van der Waals surface area contributed by atoms with Crippen molar-refractivity contribution >= 4 is 18.0 Å². The summed E-state index contributed by atoms with van der Waals surface area (Å²) in [4.78, 5) is 35.5. The van der Waals surface area contributed by atoms with Crippen LogP contribution in [-0.2, 0) is 14.3 Å². The number of alkyl carbamates (subject to hydrolysis) is 1. The van der Waals surface area contributed by atoms with E-state index in [9.17, 15) is 14.4 Å². The average molecular weight is 355 g/mol. The lowest BCUT2D eigenvalue weighted by Gasteiger charge is -2.21. The van der Waals surface area contributed by atoms with E-state index in [1.54, 1.807) is 41.5 Å². The molecule has 0 aromatic carbocycles. The summed E-state index contributed by atoms with van der Waals surface area (Å²) in [5.41, 5.74) is -0.249. The number of nitrogens with one attached hydrogen (secondary N) is 2. The first-order chi connectivity index (χ1) is 11.5. The molecule has 0 saturated carbocycles. The van der Waals surface area contributed by atoms with Crippen molar-refractivity contribution < 1.29 is 28.4 Å². The Morgan fingerprint density at radius 2 is 1.92 bits per heavy atom. The van der Waals surface area contributed by atoms with Crippen molar-refractivity contribution in [2.45, 2.75) is 53.2 Å². The third-order valence-electron chi connectivity index (χ3n) is 2.96. The number of hydrogen-bond donors (Lipinski definition) is 2. The van der Waals surface area contributed by atoms with Crippen molar-refractivity contribution in [2.75, 3.05) is 13.2 Å². The number of esters is 1. The summed E-state index contributed by atoms with van der Waals surface area (Å²) in [6, 6.07) is -0.629. The number of hydrogen-bond acceptors (Lipinski definition) is 7. The molecule has 1 aromatic rings. The fourth-order valence-corrected chi connectivity index (χ4v) is 1.97. The molecule has 1 rings (SSSR count). The molecule has 0 aliphatic heterocycles. The summed E-state index contributed by atoms with van der Waals surface area (Å²) in [6.45, 7) is 10.1. The van der Waals surface area contributed by atoms with Crippen LogP contribution in [0.25, 0.3) is 0 Å². The van der Waals surface area contributed by atoms with Gasteiger partial charge in [-0.1, -0.05) is 5.16 Å². The molecule has 1 heterocycles. The average Bonchev–Trinajstić information content (AvgIpc) is 2.85. The van der Waals surface area contributed by atoms with Crippen LogP contribution >= 0.6 is 0 Å². The Morgan fingerprint density at radius 3 is 2.48 bits per heavy atom. The SMILES string of the molecule is CCOC(=O)CNC(=O)c1c([C@H](C)NC(=O)OC(C)(C)C)noc1C. The van der Waals surface area contributed by atoms with Crippen molar-refractivity contribution in [3.63, 3.8) is 0 Å². The lowest BCUT2D eigenvalue weighted by atomic mass is 10.1. The van der Waals surface area contributed by atoms with E-state index in [0.29, 0.717) is 0 Å². The highest BCUT2D eigenvalue weighted by Crippen LogP contribution is 2.20. The molecule has 0 aliphatic rings. The molecular formula is C16H25N3O6. The number of carbonyl (C=O) groups excluding carboxylic acids is 3. The molecule has 0 saturated heterocycles. The molecule has 25 heavy (non-hydrogen) atoms. The summed E-state index contributed by atoms with van der Waals surface area (Å²) in [6.07, 6.45) is -0.640. The first-order valence-corrected chi connectivity index (χ1v) is 7.94. The Bertz CT molecular complexity index is 632. The Balaban J connectivity index is 2.80. The molecule has 2 amide bonds. The van der Waals surface area contributed by atoms with E-state index >= 15 is 0 Å². The van der Waals surface area contributed by atoms with Crippen LogP contribution in [-0.4, -0.2) is 41.9 Å². The fourth-order valence-electron chi connectivity index (χ4n) is 1.97. The molecule has 0 fully saturated rings. The maximum absolute atomic E-state index is 12.3. The zero-order chi connectivity index (χ0) is 19.2. The van der Waals surface area contributed by atoms with Crippen LogP contribution in [0.2, 0.25) is 0 Å². The minimum atomic E-state index is -0.649. The predicted molar refractivity (Wildman–Crippen MR) is 88.0 cm³/mol. The van der Waals surface area contributed by atoms with Crippen molar-refractivity contribution in [1.82, 2.24) is 15.8 Å². The van der Waals surface area contributed by atoms with Crippen LogP contribution in [0.5, 0.6) is 0 Å². The molecule has 140 valence electrons. The first-order valence-electron chi connectivity index (χ1n) is 7.94. The van der Waals surface area contributed by atoms with E-state index in [2.05, 4.69) is 15.8 Å². The van der Waals surface area contributed by atoms with Gasteiger partial charge >= 0.3 is 12.1 Å². The number of aryl methyl sites for hydroxylation is 1. The Morgan fingerprint density at radius 1 is 1.28 bits per heavy atom. The zero-order valence-corrected chi connectivity index (χ0v) is 15.4. The quantitative estimate of drug-likeness (QED) is 0.747. The second-order valence-electron chi connectivity index (χ2n) is 6.35. The Labute approximate surface area is 146 Å². The van der Waals surface area contributed by atoms with E-state index < -0.39 is 29.6 Å². The number of ether oxygens (including phenoxy) is 2. The summed E-state index contributed by atoms with van der Waals surface area (Å²) < 4.78 is 15.0. The molecule has 2 N–H and O–H groups in total. The van der Waals surface area contributed by atoms with E-state index in [0.717, 1.165) is 0 Å².